The third kappa shape index (κ3) is 3.79. The maximum atomic E-state index is 14.2. The first-order valence-corrected chi connectivity index (χ1v) is 11.0. The van der Waals surface area contributed by atoms with Gasteiger partial charge in [-0.1, -0.05) is 23.7 Å². The van der Waals surface area contributed by atoms with Crippen LogP contribution in [0.15, 0.2) is 29.2 Å². The Morgan fingerprint density at radius 1 is 1.39 bits per heavy atom. The minimum absolute atomic E-state index is 0.0500. The Balaban J connectivity index is 1.72. The molecule has 2 atom stereocenters. The zero-order valence-electron chi connectivity index (χ0n) is 18.5. The van der Waals surface area contributed by atoms with E-state index >= 15 is 0 Å². The maximum Gasteiger partial charge on any atom is 0.274 e. The largest absolute Gasteiger partial charge is 0.503 e. The zero-order valence-corrected chi connectivity index (χ0v) is 19.3. The highest BCUT2D eigenvalue weighted by atomic mass is 35.5. The maximum absolute atomic E-state index is 14.2. The molecule has 4 rings (SSSR count). The molecule has 0 bridgehead atoms. The molecule has 0 radical (unpaired) electrons. The SMILES string of the molecule is COC[C@@H]1C[C@@]12CN(C(C)C)C(=O)c1c(O)c(=O)c(C(=O)NCc3cccc(Cl)c3F)cn12. The van der Waals surface area contributed by atoms with E-state index in [4.69, 9.17) is 16.3 Å². The molecule has 2 N–H and O–H groups in total. The summed E-state index contributed by atoms with van der Waals surface area (Å²) < 4.78 is 21.0. The molecule has 10 heteroatoms. The fraction of sp³-hybridized carbons (Fsp3) is 0.435. The number of aromatic nitrogens is 1. The number of rotatable bonds is 6. The summed E-state index contributed by atoms with van der Waals surface area (Å²) in [5, 5.41) is 13.1. The minimum atomic E-state index is -0.955. The molecule has 2 heterocycles. The van der Waals surface area contributed by atoms with Crippen LogP contribution in [0.5, 0.6) is 5.75 Å². The molecule has 1 aromatic heterocycles. The average molecular weight is 478 g/mol. The van der Waals surface area contributed by atoms with Crippen LogP contribution in [0.1, 0.15) is 46.7 Å². The van der Waals surface area contributed by atoms with Gasteiger partial charge in [0.25, 0.3) is 11.8 Å². The number of hydrogen-bond donors (Lipinski definition) is 2. The Hall–Kier alpha value is -2.91. The summed E-state index contributed by atoms with van der Waals surface area (Å²) >= 11 is 5.78. The van der Waals surface area contributed by atoms with Crippen LogP contribution in [-0.4, -0.2) is 52.7 Å². The van der Waals surface area contributed by atoms with Gasteiger partial charge in [0.2, 0.25) is 5.43 Å². The molecule has 0 saturated heterocycles. The topological polar surface area (TPSA) is 101 Å². The number of amides is 2. The third-order valence-electron chi connectivity index (χ3n) is 6.48. The second kappa shape index (κ2) is 8.46. The minimum Gasteiger partial charge on any atom is -0.503 e. The monoisotopic (exact) mass is 477 g/mol. The second-order valence-corrected chi connectivity index (χ2v) is 9.23. The molecule has 2 aliphatic rings. The molecule has 0 unspecified atom stereocenters. The predicted molar refractivity (Wildman–Crippen MR) is 119 cm³/mol. The number of nitrogens with zero attached hydrogens (tertiary/aromatic N) is 2. The van der Waals surface area contributed by atoms with Crippen molar-refractivity contribution in [3.63, 3.8) is 0 Å². The Labute approximate surface area is 194 Å². The lowest BCUT2D eigenvalue weighted by atomic mass is 10.0. The van der Waals surface area contributed by atoms with Crippen molar-refractivity contribution >= 4 is 23.4 Å². The van der Waals surface area contributed by atoms with Crippen molar-refractivity contribution in [2.24, 2.45) is 5.92 Å². The number of nitrogens with one attached hydrogen (secondary N) is 1. The van der Waals surface area contributed by atoms with Gasteiger partial charge in [0.15, 0.2) is 11.4 Å². The summed E-state index contributed by atoms with van der Waals surface area (Å²) in [6.07, 6.45) is 1.99. The van der Waals surface area contributed by atoms with Gasteiger partial charge in [-0.3, -0.25) is 14.4 Å². The number of carbonyl (C=O) groups excluding carboxylic acids is 2. The molecule has 2 aromatic rings. The number of aromatic hydroxyl groups is 1. The summed E-state index contributed by atoms with van der Waals surface area (Å²) in [5.74, 6) is -2.64. The number of hydrogen-bond acceptors (Lipinski definition) is 5. The molecule has 1 spiro atoms. The Morgan fingerprint density at radius 3 is 2.79 bits per heavy atom. The van der Waals surface area contributed by atoms with Gasteiger partial charge in [-0.2, -0.15) is 0 Å². The van der Waals surface area contributed by atoms with E-state index in [9.17, 15) is 23.9 Å². The van der Waals surface area contributed by atoms with Crippen molar-refractivity contribution in [2.45, 2.75) is 38.4 Å². The Bertz CT molecular complexity index is 1200. The van der Waals surface area contributed by atoms with Crippen molar-refractivity contribution in [3.8, 4) is 5.75 Å². The average Bonchev–Trinajstić information content (AvgIpc) is 3.46. The summed E-state index contributed by atoms with van der Waals surface area (Å²) in [6, 6.07) is 4.26. The number of benzene rings is 1. The van der Waals surface area contributed by atoms with Crippen LogP contribution in [0.3, 0.4) is 0 Å². The van der Waals surface area contributed by atoms with Crippen molar-refractivity contribution in [2.75, 3.05) is 20.3 Å². The van der Waals surface area contributed by atoms with E-state index in [0.29, 0.717) is 19.6 Å². The van der Waals surface area contributed by atoms with Crippen LogP contribution in [0.4, 0.5) is 4.39 Å². The van der Waals surface area contributed by atoms with E-state index in [1.807, 2.05) is 13.8 Å². The van der Waals surface area contributed by atoms with Crippen molar-refractivity contribution < 1.29 is 23.8 Å². The molecule has 176 valence electrons. The number of fused-ring (bicyclic) bond motifs is 2. The fourth-order valence-electron chi connectivity index (χ4n) is 4.54. The van der Waals surface area contributed by atoms with Crippen molar-refractivity contribution in [1.29, 1.82) is 0 Å². The molecule has 2 amide bonds. The third-order valence-corrected chi connectivity index (χ3v) is 6.77. The molecular weight excluding hydrogens is 453 g/mol. The highest BCUT2D eigenvalue weighted by Gasteiger charge is 2.60. The standard InChI is InChI=1S/C23H25ClFN3O5/c1-12(2)27-11-23(7-14(23)10-33-3)28-9-15(19(29)20(30)18(28)22(27)32)21(31)26-8-13-5-4-6-16(24)17(13)25/h4-6,9,12,14,30H,7-8,10-11H2,1-3H3,(H,26,31)/t14-,23+/m0/s1. The van der Waals surface area contributed by atoms with E-state index in [1.54, 1.807) is 22.6 Å². The van der Waals surface area contributed by atoms with Crippen LogP contribution in [-0.2, 0) is 16.8 Å². The van der Waals surface area contributed by atoms with Gasteiger partial charge in [0.05, 0.1) is 17.2 Å². The van der Waals surface area contributed by atoms with Gasteiger partial charge in [-0.15, -0.1) is 0 Å². The summed E-state index contributed by atoms with van der Waals surface area (Å²) in [5.41, 5.74) is -1.84. The van der Waals surface area contributed by atoms with Gasteiger partial charge < -0.3 is 24.6 Å². The number of pyridine rings is 1. The van der Waals surface area contributed by atoms with Crippen LogP contribution in [0.2, 0.25) is 5.02 Å². The molecule has 1 aliphatic carbocycles. The van der Waals surface area contributed by atoms with E-state index in [0.717, 1.165) is 0 Å². The van der Waals surface area contributed by atoms with Crippen LogP contribution in [0.25, 0.3) is 0 Å². The van der Waals surface area contributed by atoms with Gasteiger partial charge in [0, 0.05) is 43.9 Å². The lowest BCUT2D eigenvalue weighted by molar-refractivity contribution is 0.0543. The molecule has 1 aromatic carbocycles. The molecule has 33 heavy (non-hydrogen) atoms. The van der Waals surface area contributed by atoms with Crippen LogP contribution < -0.4 is 10.7 Å². The lowest BCUT2D eigenvalue weighted by Crippen LogP contribution is -2.52. The van der Waals surface area contributed by atoms with Crippen molar-refractivity contribution in [3.05, 3.63) is 62.3 Å². The first-order valence-electron chi connectivity index (χ1n) is 10.6. The first-order chi connectivity index (χ1) is 15.6. The summed E-state index contributed by atoms with van der Waals surface area (Å²) in [4.78, 5) is 40.4. The number of halogens is 2. The zero-order chi connectivity index (χ0) is 24.1. The van der Waals surface area contributed by atoms with Gasteiger partial charge in [-0.05, 0) is 26.3 Å². The first kappa shape index (κ1) is 23.3. The molecule has 1 aliphatic heterocycles. The second-order valence-electron chi connectivity index (χ2n) is 8.82. The summed E-state index contributed by atoms with van der Waals surface area (Å²) in [6.45, 7) is 4.33. The van der Waals surface area contributed by atoms with E-state index in [1.165, 1.54) is 18.3 Å². The lowest BCUT2D eigenvalue weighted by Gasteiger charge is -2.39. The smallest absolute Gasteiger partial charge is 0.274 e. The van der Waals surface area contributed by atoms with E-state index in [2.05, 4.69) is 5.32 Å². The number of ether oxygens (including phenoxy) is 1. The predicted octanol–water partition coefficient (Wildman–Crippen LogP) is 2.50. The quantitative estimate of drug-likeness (QED) is 0.665. The van der Waals surface area contributed by atoms with Crippen LogP contribution >= 0.6 is 11.6 Å². The Kier molecular flexibility index (Phi) is 5.96. The summed E-state index contributed by atoms with van der Waals surface area (Å²) in [7, 11) is 1.58. The van der Waals surface area contributed by atoms with Gasteiger partial charge in [0.1, 0.15) is 11.4 Å². The highest BCUT2D eigenvalue weighted by Crippen LogP contribution is 2.54. The van der Waals surface area contributed by atoms with E-state index < -0.39 is 34.3 Å². The number of methoxy groups -OCH3 is 1. The normalized spacial score (nSPS) is 21.5. The molecule has 1 saturated carbocycles. The molecular formula is C23H25ClFN3O5. The molecule has 8 nitrogen and oxygen atoms in total. The van der Waals surface area contributed by atoms with E-state index in [-0.39, 0.29) is 40.3 Å². The van der Waals surface area contributed by atoms with Gasteiger partial charge >= 0.3 is 0 Å². The molecule has 1 fully saturated rings. The number of carbonyl (C=O) groups is 2. The Morgan fingerprint density at radius 2 is 2.12 bits per heavy atom. The van der Waals surface area contributed by atoms with Crippen LogP contribution in [0, 0.1) is 11.7 Å². The fourth-order valence-corrected chi connectivity index (χ4v) is 4.74. The highest BCUT2D eigenvalue weighted by molar-refractivity contribution is 6.30. The van der Waals surface area contributed by atoms with Gasteiger partial charge in [-0.25, -0.2) is 4.39 Å². The van der Waals surface area contributed by atoms with Crippen molar-refractivity contribution in [1.82, 2.24) is 14.8 Å².